The second kappa shape index (κ2) is 5.50. The molecule has 2 nitrogen and oxygen atoms in total. The molecule has 1 atom stereocenters. The van der Waals surface area contributed by atoms with Gasteiger partial charge >= 0.3 is 0 Å². The first-order valence-electron chi connectivity index (χ1n) is 7.27. The summed E-state index contributed by atoms with van der Waals surface area (Å²) in [4.78, 5) is 2.80. The van der Waals surface area contributed by atoms with Gasteiger partial charge in [-0.3, -0.25) is 4.90 Å². The molecule has 0 amide bonds. The number of hydrogen-bond donors (Lipinski definition) is 1. The number of nitrogens with zero attached hydrogens (tertiary/aromatic N) is 1. The summed E-state index contributed by atoms with van der Waals surface area (Å²) in [5.41, 5.74) is 6.00. The van der Waals surface area contributed by atoms with Crippen LogP contribution in [0.25, 0.3) is 0 Å². The van der Waals surface area contributed by atoms with Gasteiger partial charge in [0, 0.05) is 18.1 Å². The first kappa shape index (κ1) is 12.4. The van der Waals surface area contributed by atoms with Crippen LogP contribution in [0.5, 0.6) is 0 Å². The van der Waals surface area contributed by atoms with Crippen LogP contribution in [0.4, 0.5) is 0 Å². The lowest BCUT2D eigenvalue weighted by atomic mass is 9.89. The summed E-state index contributed by atoms with van der Waals surface area (Å²) < 4.78 is 0. The van der Waals surface area contributed by atoms with Gasteiger partial charge in [0.25, 0.3) is 0 Å². The zero-order chi connectivity index (χ0) is 11.5. The standard InChI is InChI=1S/C14H28N2/c1-3-14(11-5-6-11)16(4-2)13-9-7-12(15)8-10-13/h11-14H,3-10,15H2,1-2H3. The molecule has 2 saturated carbocycles. The van der Waals surface area contributed by atoms with Crippen molar-refractivity contribution in [2.45, 2.75) is 76.9 Å². The Balaban J connectivity index is 1.92. The van der Waals surface area contributed by atoms with Crippen molar-refractivity contribution in [3.63, 3.8) is 0 Å². The Kier molecular flexibility index (Phi) is 4.26. The Bertz CT molecular complexity index is 205. The molecule has 0 aromatic heterocycles. The minimum atomic E-state index is 0.482. The third kappa shape index (κ3) is 2.78. The van der Waals surface area contributed by atoms with Gasteiger partial charge in [-0.2, -0.15) is 0 Å². The van der Waals surface area contributed by atoms with E-state index in [1.807, 2.05) is 0 Å². The van der Waals surface area contributed by atoms with Crippen molar-refractivity contribution in [3.05, 3.63) is 0 Å². The second-order valence-electron chi connectivity index (χ2n) is 5.71. The molecule has 2 fully saturated rings. The third-order valence-electron chi connectivity index (χ3n) is 4.59. The van der Waals surface area contributed by atoms with Crippen molar-refractivity contribution in [1.82, 2.24) is 4.90 Å². The molecule has 0 bridgehead atoms. The predicted octanol–water partition coefficient (Wildman–Crippen LogP) is 2.77. The van der Waals surface area contributed by atoms with Crippen LogP contribution in [0, 0.1) is 5.92 Å². The molecule has 2 aliphatic carbocycles. The van der Waals surface area contributed by atoms with Gasteiger partial charge in [-0.05, 0) is 57.4 Å². The van der Waals surface area contributed by atoms with E-state index in [4.69, 9.17) is 5.73 Å². The van der Waals surface area contributed by atoms with Gasteiger partial charge in [0.2, 0.25) is 0 Å². The molecule has 0 heterocycles. The quantitative estimate of drug-likeness (QED) is 0.778. The molecule has 0 spiro atoms. The second-order valence-corrected chi connectivity index (χ2v) is 5.71. The van der Waals surface area contributed by atoms with Gasteiger partial charge in [-0.15, -0.1) is 0 Å². The van der Waals surface area contributed by atoms with E-state index in [9.17, 15) is 0 Å². The molecular weight excluding hydrogens is 196 g/mol. The van der Waals surface area contributed by atoms with E-state index in [1.165, 1.54) is 51.5 Å². The van der Waals surface area contributed by atoms with Crippen LogP contribution in [0.1, 0.15) is 58.8 Å². The van der Waals surface area contributed by atoms with Crippen LogP contribution in [0.2, 0.25) is 0 Å². The van der Waals surface area contributed by atoms with E-state index in [2.05, 4.69) is 18.7 Å². The highest BCUT2D eigenvalue weighted by Gasteiger charge is 2.36. The highest BCUT2D eigenvalue weighted by Crippen LogP contribution is 2.39. The first-order valence-corrected chi connectivity index (χ1v) is 7.27. The summed E-state index contributed by atoms with van der Waals surface area (Å²) in [7, 11) is 0. The Labute approximate surface area is 101 Å². The summed E-state index contributed by atoms with van der Waals surface area (Å²) in [6.07, 6.45) is 9.42. The highest BCUT2D eigenvalue weighted by atomic mass is 15.2. The molecule has 0 radical (unpaired) electrons. The Morgan fingerprint density at radius 2 is 1.69 bits per heavy atom. The summed E-state index contributed by atoms with van der Waals surface area (Å²) in [6.45, 7) is 5.93. The molecule has 2 heteroatoms. The van der Waals surface area contributed by atoms with E-state index < -0.39 is 0 Å². The summed E-state index contributed by atoms with van der Waals surface area (Å²) >= 11 is 0. The number of nitrogens with two attached hydrogens (primary N) is 1. The van der Waals surface area contributed by atoms with Crippen LogP contribution in [0.15, 0.2) is 0 Å². The molecular formula is C14H28N2. The van der Waals surface area contributed by atoms with Crippen molar-refractivity contribution in [2.24, 2.45) is 11.7 Å². The van der Waals surface area contributed by atoms with Gasteiger partial charge < -0.3 is 5.73 Å². The fourth-order valence-electron chi connectivity index (χ4n) is 3.52. The molecule has 2 aliphatic rings. The van der Waals surface area contributed by atoms with Crippen LogP contribution in [-0.4, -0.2) is 29.6 Å². The van der Waals surface area contributed by atoms with Crippen molar-refractivity contribution >= 4 is 0 Å². The molecule has 0 aromatic rings. The largest absolute Gasteiger partial charge is 0.328 e. The van der Waals surface area contributed by atoms with Gasteiger partial charge in [0.15, 0.2) is 0 Å². The maximum Gasteiger partial charge on any atom is 0.0124 e. The van der Waals surface area contributed by atoms with Gasteiger partial charge in [0.05, 0.1) is 0 Å². The molecule has 94 valence electrons. The van der Waals surface area contributed by atoms with Gasteiger partial charge in [-0.25, -0.2) is 0 Å². The van der Waals surface area contributed by atoms with Crippen LogP contribution < -0.4 is 5.73 Å². The van der Waals surface area contributed by atoms with Gasteiger partial charge in [0.1, 0.15) is 0 Å². The first-order chi connectivity index (χ1) is 7.76. The van der Waals surface area contributed by atoms with Gasteiger partial charge in [-0.1, -0.05) is 13.8 Å². The molecule has 0 aliphatic heterocycles. The fourth-order valence-corrected chi connectivity index (χ4v) is 3.52. The van der Waals surface area contributed by atoms with Crippen LogP contribution >= 0.6 is 0 Å². The third-order valence-corrected chi connectivity index (χ3v) is 4.59. The average Bonchev–Trinajstić information content (AvgIpc) is 3.11. The SMILES string of the molecule is CCC(C1CC1)N(CC)C1CCC(N)CC1. The number of rotatable bonds is 5. The van der Waals surface area contributed by atoms with Crippen molar-refractivity contribution < 1.29 is 0 Å². The minimum Gasteiger partial charge on any atom is -0.328 e. The molecule has 0 aromatic carbocycles. The maximum absolute atomic E-state index is 6.00. The summed E-state index contributed by atoms with van der Waals surface area (Å²) in [5, 5.41) is 0. The molecule has 2 rings (SSSR count). The van der Waals surface area contributed by atoms with E-state index in [0.717, 1.165) is 18.0 Å². The van der Waals surface area contributed by atoms with E-state index in [0.29, 0.717) is 6.04 Å². The van der Waals surface area contributed by atoms with Crippen LogP contribution in [-0.2, 0) is 0 Å². The predicted molar refractivity (Wildman–Crippen MR) is 69.4 cm³/mol. The fraction of sp³-hybridized carbons (Fsp3) is 1.00. The Morgan fingerprint density at radius 1 is 1.06 bits per heavy atom. The molecule has 1 unspecified atom stereocenters. The monoisotopic (exact) mass is 224 g/mol. The highest BCUT2D eigenvalue weighted by molar-refractivity contribution is 4.91. The lowest BCUT2D eigenvalue weighted by molar-refractivity contribution is 0.0909. The maximum atomic E-state index is 6.00. The zero-order valence-electron chi connectivity index (χ0n) is 11.0. The van der Waals surface area contributed by atoms with Crippen molar-refractivity contribution in [1.29, 1.82) is 0 Å². The molecule has 16 heavy (non-hydrogen) atoms. The lowest BCUT2D eigenvalue weighted by Crippen LogP contribution is -2.47. The normalized spacial score (nSPS) is 33.0. The smallest absolute Gasteiger partial charge is 0.0124 e. The Morgan fingerprint density at radius 3 is 2.12 bits per heavy atom. The summed E-state index contributed by atoms with van der Waals surface area (Å²) in [6, 6.07) is 2.18. The number of hydrogen-bond acceptors (Lipinski definition) is 2. The van der Waals surface area contributed by atoms with Crippen LogP contribution in [0.3, 0.4) is 0 Å². The molecule has 2 N–H and O–H groups in total. The minimum absolute atomic E-state index is 0.482. The topological polar surface area (TPSA) is 29.3 Å². The summed E-state index contributed by atoms with van der Waals surface area (Å²) in [5.74, 6) is 1.01. The van der Waals surface area contributed by atoms with E-state index in [-0.39, 0.29) is 0 Å². The van der Waals surface area contributed by atoms with Crippen molar-refractivity contribution in [3.8, 4) is 0 Å². The van der Waals surface area contributed by atoms with E-state index >= 15 is 0 Å². The zero-order valence-corrected chi connectivity index (χ0v) is 11.0. The van der Waals surface area contributed by atoms with E-state index in [1.54, 1.807) is 0 Å². The average molecular weight is 224 g/mol. The Hall–Kier alpha value is -0.0800. The van der Waals surface area contributed by atoms with Crippen molar-refractivity contribution in [2.75, 3.05) is 6.54 Å². The lowest BCUT2D eigenvalue weighted by Gasteiger charge is -2.40. The molecule has 0 saturated heterocycles.